The Balaban J connectivity index is 1.40. The van der Waals surface area contributed by atoms with Gasteiger partial charge in [0.05, 0.1) is 21.5 Å². The molecule has 4 aromatic carbocycles. The molecule has 0 aliphatic carbocycles. The summed E-state index contributed by atoms with van der Waals surface area (Å²) in [6, 6.07) is 35.5. The van der Waals surface area contributed by atoms with Gasteiger partial charge in [0.25, 0.3) is 0 Å². The van der Waals surface area contributed by atoms with E-state index in [-0.39, 0.29) is 0 Å². The summed E-state index contributed by atoms with van der Waals surface area (Å²) >= 11 is 7.81. The van der Waals surface area contributed by atoms with E-state index in [1.165, 1.54) is 11.3 Å². The smallest absolute Gasteiger partial charge is 0.135 e. The topological polar surface area (TPSA) is 63.7 Å². The first kappa shape index (κ1) is 24.6. The van der Waals surface area contributed by atoms with Gasteiger partial charge in [0.1, 0.15) is 29.1 Å². The van der Waals surface area contributed by atoms with Gasteiger partial charge in [0, 0.05) is 27.9 Å². The highest BCUT2D eigenvalue weighted by Gasteiger charge is 2.15. The number of halogens is 1. The largest absolute Gasteiger partial charge is 0.489 e. The summed E-state index contributed by atoms with van der Waals surface area (Å²) in [5.41, 5.74) is 5.60. The number of fused-ring (bicyclic) bond motifs is 1. The lowest BCUT2D eigenvalue weighted by atomic mass is 10.1. The van der Waals surface area contributed by atoms with Gasteiger partial charge >= 0.3 is 0 Å². The molecule has 2 heterocycles. The number of rotatable bonds is 7. The van der Waals surface area contributed by atoms with Gasteiger partial charge in [-0.3, -0.25) is 0 Å². The van der Waals surface area contributed by atoms with Crippen LogP contribution in [0.3, 0.4) is 0 Å². The minimum atomic E-state index is 0.352. The van der Waals surface area contributed by atoms with Gasteiger partial charge in [-0.1, -0.05) is 72.3 Å². The van der Waals surface area contributed by atoms with Crippen molar-refractivity contribution < 1.29 is 4.74 Å². The zero-order chi connectivity index (χ0) is 26.6. The fourth-order valence-electron chi connectivity index (χ4n) is 4.22. The first-order chi connectivity index (χ1) is 19.2. The Kier molecular flexibility index (Phi) is 6.92. The van der Waals surface area contributed by atoms with E-state index in [2.05, 4.69) is 6.07 Å². The normalized spacial score (nSPS) is 11.4. The molecule has 2 aromatic heterocycles. The van der Waals surface area contributed by atoms with Crippen molar-refractivity contribution in [2.75, 3.05) is 0 Å². The van der Waals surface area contributed by atoms with Crippen LogP contribution in [0, 0.1) is 11.3 Å². The molecule has 5 nitrogen and oxygen atoms in total. The molecular formula is C32H21ClN4OS. The molecule has 0 atom stereocenters. The SMILES string of the molecule is N#C/C(=C/c1cn(-c2ccccc2)nc1-c1cccc(OCc2ccccc2Cl)c1)c1nc2ccccc2s1. The highest BCUT2D eigenvalue weighted by Crippen LogP contribution is 2.32. The zero-order valence-corrected chi connectivity index (χ0v) is 22.2. The molecule has 0 N–H and O–H groups in total. The maximum absolute atomic E-state index is 10.1. The van der Waals surface area contributed by atoms with Crippen molar-refractivity contribution in [3.63, 3.8) is 0 Å². The summed E-state index contributed by atoms with van der Waals surface area (Å²) in [7, 11) is 0. The Morgan fingerprint density at radius 1 is 0.949 bits per heavy atom. The third kappa shape index (κ3) is 5.32. The van der Waals surface area contributed by atoms with Crippen LogP contribution in [0.4, 0.5) is 0 Å². The number of thiazole rings is 1. The average molecular weight is 545 g/mol. The van der Waals surface area contributed by atoms with E-state index < -0.39 is 0 Å². The predicted molar refractivity (Wildman–Crippen MR) is 158 cm³/mol. The molecule has 39 heavy (non-hydrogen) atoms. The van der Waals surface area contributed by atoms with Crippen molar-refractivity contribution in [2.45, 2.75) is 6.61 Å². The summed E-state index contributed by atoms with van der Waals surface area (Å²) < 4.78 is 8.94. The van der Waals surface area contributed by atoms with Gasteiger partial charge < -0.3 is 4.74 Å². The monoisotopic (exact) mass is 544 g/mol. The maximum Gasteiger partial charge on any atom is 0.135 e. The number of ether oxygens (including phenoxy) is 1. The number of hydrogen-bond donors (Lipinski definition) is 0. The van der Waals surface area contributed by atoms with Crippen LogP contribution in [0.15, 0.2) is 109 Å². The Bertz CT molecular complexity index is 1820. The molecule has 0 unspecified atom stereocenters. The Morgan fingerprint density at radius 3 is 2.56 bits per heavy atom. The first-order valence-corrected chi connectivity index (χ1v) is 13.5. The molecule has 0 fully saturated rings. The number of aromatic nitrogens is 3. The molecule has 0 bridgehead atoms. The second-order valence-electron chi connectivity index (χ2n) is 8.78. The van der Waals surface area contributed by atoms with E-state index in [4.69, 9.17) is 26.4 Å². The average Bonchev–Trinajstić information content (AvgIpc) is 3.61. The van der Waals surface area contributed by atoms with Crippen molar-refractivity contribution in [3.05, 3.63) is 130 Å². The van der Waals surface area contributed by atoms with Gasteiger partial charge in [0.2, 0.25) is 0 Å². The lowest BCUT2D eigenvalue weighted by Crippen LogP contribution is -1.97. The van der Waals surface area contributed by atoms with Crippen LogP contribution in [-0.2, 0) is 6.61 Å². The predicted octanol–water partition coefficient (Wildman–Crippen LogP) is 8.45. The van der Waals surface area contributed by atoms with E-state index >= 15 is 0 Å². The molecular weight excluding hydrogens is 524 g/mol. The third-order valence-electron chi connectivity index (χ3n) is 6.17. The van der Waals surface area contributed by atoms with Crippen molar-refractivity contribution in [1.82, 2.24) is 14.8 Å². The molecule has 0 saturated carbocycles. The molecule has 6 rings (SSSR count). The minimum absolute atomic E-state index is 0.352. The van der Waals surface area contributed by atoms with E-state index in [0.717, 1.165) is 38.3 Å². The number of allylic oxidation sites excluding steroid dienone is 1. The minimum Gasteiger partial charge on any atom is -0.489 e. The summed E-state index contributed by atoms with van der Waals surface area (Å²) in [4.78, 5) is 4.69. The van der Waals surface area contributed by atoms with E-state index in [1.54, 1.807) is 0 Å². The highest BCUT2D eigenvalue weighted by atomic mass is 35.5. The highest BCUT2D eigenvalue weighted by molar-refractivity contribution is 7.19. The van der Waals surface area contributed by atoms with Crippen LogP contribution in [0.25, 0.3) is 38.8 Å². The summed E-state index contributed by atoms with van der Waals surface area (Å²) in [6.45, 7) is 0.352. The van der Waals surface area contributed by atoms with Crippen LogP contribution in [-0.4, -0.2) is 14.8 Å². The van der Waals surface area contributed by atoms with Crippen molar-refractivity contribution >= 4 is 44.8 Å². The van der Waals surface area contributed by atoms with Crippen molar-refractivity contribution in [2.24, 2.45) is 0 Å². The molecule has 0 saturated heterocycles. The molecule has 0 spiro atoms. The number of nitrogens with zero attached hydrogens (tertiary/aromatic N) is 4. The first-order valence-electron chi connectivity index (χ1n) is 12.3. The lowest BCUT2D eigenvalue weighted by Gasteiger charge is -2.09. The molecule has 0 amide bonds. The Morgan fingerprint density at radius 2 is 1.74 bits per heavy atom. The molecule has 6 aromatic rings. The van der Waals surface area contributed by atoms with E-state index in [1.807, 2.05) is 120 Å². The quantitative estimate of drug-likeness (QED) is 0.189. The second-order valence-corrected chi connectivity index (χ2v) is 10.2. The van der Waals surface area contributed by atoms with Crippen LogP contribution in [0.5, 0.6) is 5.75 Å². The van der Waals surface area contributed by atoms with Gasteiger partial charge in [-0.05, 0) is 48.5 Å². The van der Waals surface area contributed by atoms with Crippen LogP contribution in [0.1, 0.15) is 16.1 Å². The standard InChI is InChI=1S/C32H21ClN4OS/c33-28-14-5-4-9-23(28)21-38-27-13-8-10-22(18-27)31-25(20-37(36-31)26-11-2-1-3-12-26)17-24(19-34)32-35-29-15-6-7-16-30(29)39-32/h1-18,20H,21H2/b24-17-. The van der Waals surface area contributed by atoms with Crippen LogP contribution >= 0.6 is 22.9 Å². The Hall–Kier alpha value is -4.70. The molecule has 7 heteroatoms. The number of para-hydroxylation sites is 2. The van der Waals surface area contributed by atoms with Gasteiger partial charge in [-0.25, -0.2) is 9.67 Å². The third-order valence-corrected chi connectivity index (χ3v) is 7.61. The van der Waals surface area contributed by atoms with Gasteiger partial charge in [-0.15, -0.1) is 11.3 Å². The number of nitriles is 1. The number of hydrogen-bond acceptors (Lipinski definition) is 5. The van der Waals surface area contributed by atoms with E-state index in [9.17, 15) is 5.26 Å². The fourth-order valence-corrected chi connectivity index (χ4v) is 5.35. The lowest BCUT2D eigenvalue weighted by molar-refractivity contribution is 0.306. The fraction of sp³-hybridized carbons (Fsp3) is 0.0312. The molecule has 188 valence electrons. The van der Waals surface area contributed by atoms with Crippen LogP contribution < -0.4 is 4.74 Å². The molecule has 0 radical (unpaired) electrons. The molecule has 0 aliphatic rings. The van der Waals surface area contributed by atoms with Crippen molar-refractivity contribution in [3.8, 4) is 28.8 Å². The van der Waals surface area contributed by atoms with Gasteiger partial charge in [0.15, 0.2) is 0 Å². The summed E-state index contributed by atoms with van der Waals surface area (Å²) in [5, 5.41) is 16.3. The summed E-state index contributed by atoms with van der Waals surface area (Å²) in [5.74, 6) is 0.697. The summed E-state index contributed by atoms with van der Waals surface area (Å²) in [6.07, 6.45) is 3.79. The molecule has 0 aliphatic heterocycles. The Labute approximate surface area is 234 Å². The van der Waals surface area contributed by atoms with E-state index in [0.29, 0.717) is 28.0 Å². The zero-order valence-electron chi connectivity index (χ0n) is 20.7. The second kappa shape index (κ2) is 11.0. The van der Waals surface area contributed by atoms with Crippen molar-refractivity contribution in [1.29, 1.82) is 5.26 Å². The maximum atomic E-state index is 10.1. The van der Waals surface area contributed by atoms with Gasteiger partial charge in [-0.2, -0.15) is 10.4 Å². The van der Waals surface area contributed by atoms with Crippen LogP contribution in [0.2, 0.25) is 5.02 Å². The number of benzene rings is 4.